The van der Waals surface area contributed by atoms with Crippen LogP contribution in [-0.4, -0.2) is 71.8 Å². The lowest BCUT2D eigenvalue weighted by atomic mass is 9.66. The number of hydrogen-bond donors (Lipinski definition) is 5. The summed E-state index contributed by atoms with van der Waals surface area (Å²) in [5, 5.41) is 49.1. The van der Waals surface area contributed by atoms with Crippen molar-refractivity contribution in [3.8, 4) is 0 Å². The lowest BCUT2D eigenvalue weighted by Crippen LogP contribution is -2.78. The van der Waals surface area contributed by atoms with E-state index in [0.29, 0.717) is 12.8 Å². The molecular weight excluding hydrogens is 322 g/mol. The second-order valence-corrected chi connectivity index (χ2v) is 7.41. The van der Waals surface area contributed by atoms with E-state index in [2.05, 4.69) is 0 Å². The number of carbonyl (C=O) groups is 3. The minimum Gasteiger partial charge on any atom is -0.481 e. The van der Waals surface area contributed by atoms with E-state index in [4.69, 9.17) is 5.11 Å². The van der Waals surface area contributed by atoms with Gasteiger partial charge in [0.25, 0.3) is 5.72 Å². The van der Waals surface area contributed by atoms with Gasteiger partial charge in [-0.15, -0.1) is 0 Å². The van der Waals surface area contributed by atoms with Gasteiger partial charge in [-0.25, -0.2) is 9.59 Å². The highest BCUT2D eigenvalue weighted by Crippen LogP contribution is 2.48. The molecule has 1 fully saturated rings. The third-order valence-corrected chi connectivity index (χ3v) is 5.54. The number of carboxylic acids is 3. The minimum atomic E-state index is -3.42. The Labute approximate surface area is 139 Å². The Kier molecular flexibility index (Phi) is 5.07. The number of aliphatic hydroxyl groups is 2. The topological polar surface area (TPSA) is 156 Å². The Hall–Kier alpha value is -1.71. The van der Waals surface area contributed by atoms with Crippen LogP contribution in [0.4, 0.5) is 0 Å². The largest absolute Gasteiger partial charge is 0.481 e. The first-order chi connectivity index (χ1) is 10.6. The number of nitrogens with zero attached hydrogens (tertiary/aromatic N) is 1. The molecule has 1 rings (SSSR count). The quantitative estimate of drug-likeness (QED) is 0.444. The van der Waals surface area contributed by atoms with Crippen molar-refractivity contribution in [3.05, 3.63) is 0 Å². The molecule has 1 heterocycles. The van der Waals surface area contributed by atoms with Gasteiger partial charge in [-0.3, -0.25) is 9.69 Å². The van der Waals surface area contributed by atoms with E-state index in [-0.39, 0.29) is 6.54 Å². The second-order valence-electron chi connectivity index (χ2n) is 7.41. The van der Waals surface area contributed by atoms with Crippen molar-refractivity contribution < 1.29 is 39.9 Å². The highest BCUT2D eigenvalue weighted by molar-refractivity contribution is 5.93. The van der Waals surface area contributed by atoms with E-state index >= 15 is 0 Å². The molecule has 1 aliphatic rings. The average Bonchev–Trinajstić information content (AvgIpc) is 2.39. The number of carboxylic acid groups (broad SMARTS) is 3. The average molecular weight is 347 g/mol. The Morgan fingerprint density at radius 3 is 1.88 bits per heavy atom. The molecule has 5 N–H and O–H groups in total. The van der Waals surface area contributed by atoms with Crippen molar-refractivity contribution in [2.75, 3.05) is 6.54 Å². The highest BCUT2D eigenvalue weighted by atomic mass is 16.5. The minimum absolute atomic E-state index is 0.00552. The maximum atomic E-state index is 11.8. The summed E-state index contributed by atoms with van der Waals surface area (Å²) >= 11 is 0. The Morgan fingerprint density at radius 2 is 1.50 bits per heavy atom. The second kappa shape index (κ2) is 5.98. The molecule has 0 spiro atoms. The Balaban J connectivity index is 3.62. The molecule has 9 nitrogen and oxygen atoms in total. The summed E-state index contributed by atoms with van der Waals surface area (Å²) in [5.41, 5.74) is -8.27. The smallest absolute Gasteiger partial charge is 0.355 e. The Morgan fingerprint density at radius 1 is 1.00 bits per heavy atom. The fourth-order valence-corrected chi connectivity index (χ4v) is 3.28. The van der Waals surface area contributed by atoms with E-state index in [1.54, 1.807) is 13.8 Å². The molecule has 0 saturated carbocycles. The number of hydrogen-bond acceptors (Lipinski definition) is 6. The van der Waals surface area contributed by atoms with E-state index in [1.165, 1.54) is 0 Å². The summed E-state index contributed by atoms with van der Waals surface area (Å²) in [4.78, 5) is 35.4. The van der Waals surface area contributed by atoms with Crippen LogP contribution in [0.3, 0.4) is 0 Å². The van der Waals surface area contributed by atoms with Gasteiger partial charge in [0.1, 0.15) is 0 Å². The van der Waals surface area contributed by atoms with Crippen LogP contribution in [0.25, 0.3) is 0 Å². The van der Waals surface area contributed by atoms with Crippen molar-refractivity contribution in [2.45, 2.75) is 63.8 Å². The summed E-state index contributed by atoms with van der Waals surface area (Å²) in [7, 11) is 0. The molecule has 1 aliphatic heterocycles. The van der Waals surface area contributed by atoms with Gasteiger partial charge in [-0.1, -0.05) is 13.8 Å². The SMILES string of the molecule is CC1(C)CCCN(C(O)(C(=O)O)C(O)(CC(=O)O)C(=O)O)C1(C)C. The fraction of sp³-hybridized carbons (Fsp3) is 0.800. The number of rotatable bonds is 6. The van der Waals surface area contributed by atoms with Gasteiger partial charge in [0.05, 0.1) is 6.42 Å². The zero-order chi connectivity index (χ0) is 19.1. The summed E-state index contributed by atoms with van der Waals surface area (Å²) in [6, 6.07) is 0. The van der Waals surface area contributed by atoms with Gasteiger partial charge < -0.3 is 25.5 Å². The molecule has 0 radical (unpaired) electrons. The first kappa shape index (κ1) is 20.3. The van der Waals surface area contributed by atoms with Crippen molar-refractivity contribution in [2.24, 2.45) is 5.41 Å². The van der Waals surface area contributed by atoms with E-state index in [0.717, 1.165) is 4.90 Å². The van der Waals surface area contributed by atoms with E-state index < -0.39 is 46.6 Å². The molecule has 0 amide bonds. The maximum Gasteiger partial charge on any atom is 0.355 e. The molecular formula is C15H25NO8. The molecule has 1 saturated heterocycles. The summed E-state index contributed by atoms with van der Waals surface area (Å²) < 4.78 is 0. The summed E-state index contributed by atoms with van der Waals surface area (Å²) in [6.45, 7) is 6.91. The van der Waals surface area contributed by atoms with Crippen LogP contribution in [-0.2, 0) is 14.4 Å². The van der Waals surface area contributed by atoms with Crippen LogP contribution in [0.2, 0.25) is 0 Å². The van der Waals surface area contributed by atoms with Gasteiger partial charge >= 0.3 is 17.9 Å². The van der Waals surface area contributed by atoms with Crippen molar-refractivity contribution in [3.63, 3.8) is 0 Å². The van der Waals surface area contributed by atoms with Gasteiger partial charge in [0, 0.05) is 12.1 Å². The number of aliphatic carboxylic acids is 3. The van der Waals surface area contributed by atoms with E-state index in [9.17, 15) is 34.8 Å². The van der Waals surface area contributed by atoms with E-state index in [1.807, 2.05) is 13.8 Å². The van der Waals surface area contributed by atoms with Gasteiger partial charge in [0.2, 0.25) is 5.60 Å². The number of likely N-dealkylation sites (tertiary alicyclic amines) is 1. The predicted octanol–water partition coefficient (Wildman–Crippen LogP) is -0.0494. The predicted molar refractivity (Wildman–Crippen MR) is 81.2 cm³/mol. The van der Waals surface area contributed by atoms with Gasteiger partial charge in [-0.2, -0.15) is 0 Å². The molecule has 0 aromatic heterocycles. The normalized spacial score (nSPS) is 25.2. The van der Waals surface area contributed by atoms with Crippen LogP contribution in [0.1, 0.15) is 47.0 Å². The molecule has 9 heteroatoms. The van der Waals surface area contributed by atoms with Crippen LogP contribution in [0.15, 0.2) is 0 Å². The molecule has 138 valence electrons. The molecule has 0 aromatic carbocycles. The van der Waals surface area contributed by atoms with Gasteiger partial charge in [0.15, 0.2) is 0 Å². The monoisotopic (exact) mass is 347 g/mol. The molecule has 0 aromatic rings. The summed E-state index contributed by atoms with van der Waals surface area (Å²) in [5.74, 6) is -5.87. The highest BCUT2D eigenvalue weighted by Gasteiger charge is 2.69. The van der Waals surface area contributed by atoms with Crippen molar-refractivity contribution in [1.29, 1.82) is 0 Å². The van der Waals surface area contributed by atoms with Crippen LogP contribution in [0, 0.1) is 5.41 Å². The number of piperidine rings is 1. The van der Waals surface area contributed by atoms with Crippen molar-refractivity contribution in [1.82, 2.24) is 4.90 Å². The van der Waals surface area contributed by atoms with Gasteiger partial charge in [-0.05, 0) is 32.1 Å². The molecule has 0 aliphatic carbocycles. The van der Waals surface area contributed by atoms with Crippen molar-refractivity contribution >= 4 is 17.9 Å². The molecule has 0 bridgehead atoms. The third kappa shape index (κ3) is 2.76. The third-order valence-electron chi connectivity index (χ3n) is 5.54. The first-order valence-corrected chi connectivity index (χ1v) is 7.55. The van der Waals surface area contributed by atoms with Crippen LogP contribution < -0.4 is 0 Å². The molecule has 2 atom stereocenters. The lowest BCUT2D eigenvalue weighted by molar-refractivity contribution is -0.274. The zero-order valence-corrected chi connectivity index (χ0v) is 14.2. The van der Waals surface area contributed by atoms with Crippen LogP contribution in [0.5, 0.6) is 0 Å². The standard InChI is InChI=1S/C15H25NO8/c1-12(2)6-5-7-16(13(12,3)4)15(24,11(21)22)14(23,10(19)20)8-9(17)18/h23-24H,5-8H2,1-4H3,(H,17,18)(H,19,20)(H,21,22). The zero-order valence-electron chi connectivity index (χ0n) is 14.2. The maximum absolute atomic E-state index is 11.8. The van der Waals surface area contributed by atoms with Crippen LogP contribution >= 0.6 is 0 Å². The lowest BCUT2D eigenvalue weighted by Gasteiger charge is -2.59. The molecule has 24 heavy (non-hydrogen) atoms. The fourth-order valence-electron chi connectivity index (χ4n) is 3.28. The molecule has 2 unspecified atom stereocenters. The first-order valence-electron chi connectivity index (χ1n) is 7.55. The summed E-state index contributed by atoms with van der Waals surface area (Å²) in [6.07, 6.45) is -0.316. The Bertz CT molecular complexity index is 558.